The minimum atomic E-state index is 0.969. The highest BCUT2D eigenvalue weighted by Crippen LogP contribution is 2.31. The van der Waals surface area contributed by atoms with Crippen molar-refractivity contribution in [2.75, 3.05) is 0 Å². The Balaban J connectivity index is 1.89. The molecule has 1 aromatic heterocycles. The van der Waals surface area contributed by atoms with Crippen molar-refractivity contribution in [1.82, 2.24) is 4.98 Å². The Bertz CT molecular complexity index is 960. The van der Waals surface area contributed by atoms with Gasteiger partial charge in [-0.2, -0.15) is 0 Å². The van der Waals surface area contributed by atoms with Crippen molar-refractivity contribution in [3.8, 4) is 33.6 Å². The van der Waals surface area contributed by atoms with Gasteiger partial charge in [0.1, 0.15) is 0 Å². The van der Waals surface area contributed by atoms with Crippen LogP contribution >= 0.6 is 31.9 Å². The number of nitrogens with zero attached hydrogens (tertiary/aromatic N) is 1. The van der Waals surface area contributed by atoms with Gasteiger partial charge in [0.2, 0.25) is 0 Å². The lowest BCUT2D eigenvalue weighted by Gasteiger charge is -2.10. The molecule has 0 atom stereocenters. The van der Waals surface area contributed by atoms with Gasteiger partial charge in [-0.05, 0) is 47.5 Å². The van der Waals surface area contributed by atoms with Gasteiger partial charge >= 0.3 is 0 Å². The standard InChI is InChI=1S/C23H15Br2N/c24-20-10-6-17(7-11-20)22-14-19(16-4-2-1-3-5-16)15-23(26-22)18-8-12-21(25)13-9-18/h1-15H. The van der Waals surface area contributed by atoms with Crippen molar-refractivity contribution < 1.29 is 0 Å². The lowest BCUT2D eigenvalue weighted by atomic mass is 10.00. The summed E-state index contributed by atoms with van der Waals surface area (Å²) >= 11 is 7.00. The summed E-state index contributed by atoms with van der Waals surface area (Å²) in [6.45, 7) is 0. The van der Waals surface area contributed by atoms with Crippen molar-refractivity contribution >= 4 is 31.9 Å². The van der Waals surface area contributed by atoms with Crippen LogP contribution in [0.4, 0.5) is 0 Å². The number of pyridine rings is 1. The maximum Gasteiger partial charge on any atom is 0.0715 e. The van der Waals surface area contributed by atoms with E-state index in [1.54, 1.807) is 0 Å². The number of rotatable bonds is 3. The molecule has 1 heterocycles. The van der Waals surface area contributed by atoms with Crippen molar-refractivity contribution in [3.63, 3.8) is 0 Å². The van der Waals surface area contributed by atoms with E-state index < -0.39 is 0 Å². The van der Waals surface area contributed by atoms with E-state index in [9.17, 15) is 0 Å². The highest BCUT2D eigenvalue weighted by atomic mass is 79.9. The average Bonchev–Trinajstić information content (AvgIpc) is 2.69. The van der Waals surface area contributed by atoms with Gasteiger partial charge in [0.25, 0.3) is 0 Å². The van der Waals surface area contributed by atoms with Gasteiger partial charge in [0.15, 0.2) is 0 Å². The molecule has 0 saturated carbocycles. The van der Waals surface area contributed by atoms with Crippen molar-refractivity contribution in [3.05, 3.63) is 99.9 Å². The lowest BCUT2D eigenvalue weighted by molar-refractivity contribution is 1.32. The normalized spacial score (nSPS) is 10.7. The van der Waals surface area contributed by atoms with E-state index in [2.05, 4.69) is 92.5 Å². The van der Waals surface area contributed by atoms with Gasteiger partial charge in [-0.15, -0.1) is 0 Å². The van der Waals surface area contributed by atoms with Crippen molar-refractivity contribution in [2.45, 2.75) is 0 Å². The molecule has 0 fully saturated rings. The van der Waals surface area contributed by atoms with Gasteiger partial charge < -0.3 is 0 Å². The van der Waals surface area contributed by atoms with Gasteiger partial charge in [-0.1, -0.05) is 86.5 Å². The number of halogens is 2. The molecule has 0 aliphatic rings. The minimum absolute atomic E-state index is 0.969. The van der Waals surface area contributed by atoms with E-state index in [4.69, 9.17) is 4.98 Å². The molecule has 0 amide bonds. The third kappa shape index (κ3) is 3.79. The zero-order chi connectivity index (χ0) is 17.9. The second-order valence-electron chi connectivity index (χ2n) is 6.01. The number of aromatic nitrogens is 1. The monoisotopic (exact) mass is 463 g/mol. The Morgan fingerprint density at radius 3 is 1.38 bits per heavy atom. The van der Waals surface area contributed by atoms with E-state index in [0.717, 1.165) is 37.0 Å². The number of benzene rings is 3. The molecule has 0 aliphatic heterocycles. The van der Waals surface area contributed by atoms with E-state index in [1.807, 2.05) is 30.3 Å². The van der Waals surface area contributed by atoms with E-state index in [1.165, 1.54) is 5.56 Å². The SMILES string of the molecule is Brc1ccc(-c2cc(-c3ccccc3)cc(-c3ccc(Br)cc3)n2)cc1. The molecule has 0 radical (unpaired) electrons. The van der Waals surface area contributed by atoms with Gasteiger partial charge in [-0.3, -0.25) is 0 Å². The molecular formula is C23H15Br2N. The third-order valence-corrected chi connectivity index (χ3v) is 5.27. The van der Waals surface area contributed by atoms with E-state index in [-0.39, 0.29) is 0 Å². The van der Waals surface area contributed by atoms with E-state index in [0.29, 0.717) is 0 Å². The van der Waals surface area contributed by atoms with E-state index >= 15 is 0 Å². The van der Waals surface area contributed by atoms with Gasteiger partial charge in [0.05, 0.1) is 11.4 Å². The zero-order valence-electron chi connectivity index (χ0n) is 13.9. The highest BCUT2D eigenvalue weighted by molar-refractivity contribution is 9.10. The topological polar surface area (TPSA) is 12.9 Å². The van der Waals surface area contributed by atoms with Crippen LogP contribution in [0.5, 0.6) is 0 Å². The summed E-state index contributed by atoms with van der Waals surface area (Å²) in [5.41, 5.74) is 6.49. The molecule has 0 bridgehead atoms. The molecule has 3 heteroatoms. The minimum Gasteiger partial charge on any atom is -0.248 e. The van der Waals surface area contributed by atoms with Crippen LogP contribution < -0.4 is 0 Å². The van der Waals surface area contributed by atoms with Crippen LogP contribution in [0.3, 0.4) is 0 Å². The average molecular weight is 465 g/mol. The molecule has 0 aliphatic carbocycles. The summed E-state index contributed by atoms with van der Waals surface area (Å²) in [6.07, 6.45) is 0. The fraction of sp³-hybridized carbons (Fsp3) is 0. The quantitative estimate of drug-likeness (QED) is 0.304. The molecule has 0 saturated heterocycles. The molecule has 0 spiro atoms. The fourth-order valence-electron chi connectivity index (χ4n) is 2.86. The van der Waals surface area contributed by atoms with Crippen LogP contribution in [0.25, 0.3) is 33.6 Å². The predicted molar refractivity (Wildman–Crippen MR) is 116 cm³/mol. The summed E-state index contributed by atoms with van der Waals surface area (Å²) in [5.74, 6) is 0. The first kappa shape index (κ1) is 17.2. The summed E-state index contributed by atoms with van der Waals surface area (Å²) in [4.78, 5) is 4.93. The third-order valence-electron chi connectivity index (χ3n) is 4.21. The summed E-state index contributed by atoms with van der Waals surface area (Å²) < 4.78 is 2.13. The van der Waals surface area contributed by atoms with Crippen molar-refractivity contribution in [2.24, 2.45) is 0 Å². The maximum atomic E-state index is 4.93. The predicted octanol–water partition coefficient (Wildman–Crippen LogP) is 7.61. The van der Waals surface area contributed by atoms with Crippen LogP contribution in [0.1, 0.15) is 0 Å². The molecule has 26 heavy (non-hydrogen) atoms. The van der Waals surface area contributed by atoms with Gasteiger partial charge in [0, 0.05) is 20.1 Å². The first-order chi connectivity index (χ1) is 12.7. The lowest BCUT2D eigenvalue weighted by Crippen LogP contribution is -1.91. The molecule has 4 aromatic rings. The first-order valence-corrected chi connectivity index (χ1v) is 9.87. The molecule has 4 rings (SSSR count). The van der Waals surface area contributed by atoms with Crippen LogP contribution in [0, 0.1) is 0 Å². The molecule has 1 nitrogen and oxygen atoms in total. The Labute approximate surface area is 170 Å². The van der Waals surface area contributed by atoms with Crippen LogP contribution in [-0.2, 0) is 0 Å². The molecule has 126 valence electrons. The fourth-order valence-corrected chi connectivity index (χ4v) is 3.39. The second-order valence-corrected chi connectivity index (χ2v) is 7.84. The molecule has 0 unspecified atom stereocenters. The second kappa shape index (κ2) is 7.56. The summed E-state index contributed by atoms with van der Waals surface area (Å²) in [5, 5.41) is 0. The van der Waals surface area contributed by atoms with Crippen molar-refractivity contribution in [1.29, 1.82) is 0 Å². The summed E-state index contributed by atoms with van der Waals surface area (Å²) in [6, 6.07) is 31.3. The van der Waals surface area contributed by atoms with Crippen LogP contribution in [0.2, 0.25) is 0 Å². The number of hydrogen-bond acceptors (Lipinski definition) is 1. The molecule has 0 N–H and O–H groups in total. The molecular weight excluding hydrogens is 450 g/mol. The first-order valence-electron chi connectivity index (χ1n) is 8.28. The highest BCUT2D eigenvalue weighted by Gasteiger charge is 2.09. The Morgan fingerprint density at radius 1 is 0.462 bits per heavy atom. The smallest absolute Gasteiger partial charge is 0.0715 e. The maximum absolute atomic E-state index is 4.93. The zero-order valence-corrected chi connectivity index (χ0v) is 17.0. The largest absolute Gasteiger partial charge is 0.248 e. The molecule has 3 aromatic carbocycles. The van der Waals surface area contributed by atoms with Gasteiger partial charge in [-0.25, -0.2) is 4.98 Å². The number of hydrogen-bond donors (Lipinski definition) is 0. The summed E-state index contributed by atoms with van der Waals surface area (Å²) in [7, 11) is 0. The Morgan fingerprint density at radius 2 is 0.923 bits per heavy atom. The van der Waals surface area contributed by atoms with Crippen LogP contribution in [-0.4, -0.2) is 4.98 Å². The van der Waals surface area contributed by atoms with Crippen LogP contribution in [0.15, 0.2) is 99.9 Å². The Hall–Kier alpha value is -2.23. The Kier molecular flexibility index (Phi) is 5.00.